The summed E-state index contributed by atoms with van der Waals surface area (Å²) in [6.45, 7) is 2.22. The summed E-state index contributed by atoms with van der Waals surface area (Å²) in [4.78, 5) is 28.5. The molecule has 0 bridgehead atoms. The van der Waals surface area contributed by atoms with Gasteiger partial charge in [0.2, 0.25) is 5.13 Å². The summed E-state index contributed by atoms with van der Waals surface area (Å²) >= 11 is 2.61. The molecule has 0 aliphatic carbocycles. The number of rotatable bonds is 10. The third kappa shape index (κ3) is 5.77. The van der Waals surface area contributed by atoms with Crippen LogP contribution in [0, 0.1) is 5.82 Å². The van der Waals surface area contributed by atoms with Crippen molar-refractivity contribution in [3.05, 3.63) is 107 Å². The van der Waals surface area contributed by atoms with E-state index in [0.717, 1.165) is 33.7 Å². The third-order valence-corrected chi connectivity index (χ3v) is 9.61. The van der Waals surface area contributed by atoms with Crippen molar-refractivity contribution < 1.29 is 33.3 Å². The molecule has 1 N–H and O–H groups in total. The van der Waals surface area contributed by atoms with Crippen LogP contribution in [0.1, 0.15) is 29.7 Å². The Morgan fingerprint density at radius 1 is 0.957 bits per heavy atom. The van der Waals surface area contributed by atoms with Gasteiger partial charge in [-0.25, -0.2) is 4.39 Å². The second kappa shape index (κ2) is 13.2. The molecule has 6 rings (SSSR count). The van der Waals surface area contributed by atoms with Gasteiger partial charge < -0.3 is 19.3 Å². The molecule has 0 saturated carbocycles. The molecule has 1 aliphatic heterocycles. The molecule has 234 valence electrons. The maximum absolute atomic E-state index is 14.7. The Balaban J connectivity index is 1.41. The Morgan fingerprint density at radius 2 is 1.72 bits per heavy atom. The van der Waals surface area contributed by atoms with Crippen molar-refractivity contribution in [3.8, 4) is 17.2 Å². The molecule has 9 nitrogen and oxygen atoms in total. The number of carbonyl (C=O) groups excluding carboxylic acids is 2. The zero-order chi connectivity index (χ0) is 32.4. The zero-order valence-corrected chi connectivity index (χ0v) is 26.7. The van der Waals surface area contributed by atoms with Crippen LogP contribution in [0.4, 0.5) is 9.52 Å². The van der Waals surface area contributed by atoms with Gasteiger partial charge in [-0.05, 0) is 59.2 Å². The van der Waals surface area contributed by atoms with Gasteiger partial charge in [0.05, 0.1) is 32.4 Å². The molecular formula is C34H28FN3O6S2. The Hall–Kier alpha value is -4.94. The van der Waals surface area contributed by atoms with E-state index in [4.69, 9.17) is 14.2 Å². The van der Waals surface area contributed by atoms with E-state index in [1.807, 2.05) is 25.1 Å². The van der Waals surface area contributed by atoms with E-state index in [2.05, 4.69) is 34.5 Å². The maximum Gasteiger partial charge on any atom is 0.301 e. The van der Waals surface area contributed by atoms with E-state index in [0.29, 0.717) is 33.8 Å². The number of ether oxygens (including phenoxy) is 3. The molecule has 0 spiro atoms. The number of ketones is 1. The lowest BCUT2D eigenvalue weighted by Crippen LogP contribution is -2.29. The first kappa shape index (κ1) is 31.1. The first-order chi connectivity index (χ1) is 22.3. The molecule has 1 unspecified atom stereocenters. The fourth-order valence-electron chi connectivity index (χ4n) is 5.36. The number of nitrogens with zero attached hydrogens (tertiary/aromatic N) is 3. The lowest BCUT2D eigenvalue weighted by molar-refractivity contribution is -0.132. The summed E-state index contributed by atoms with van der Waals surface area (Å²) < 4.78 is 31.4. The van der Waals surface area contributed by atoms with Crippen LogP contribution < -0.4 is 19.1 Å². The van der Waals surface area contributed by atoms with Crippen LogP contribution in [0.3, 0.4) is 0 Å². The van der Waals surface area contributed by atoms with Crippen LogP contribution in [0.5, 0.6) is 17.2 Å². The number of hydrogen-bond donors (Lipinski definition) is 1. The van der Waals surface area contributed by atoms with E-state index >= 15 is 0 Å². The van der Waals surface area contributed by atoms with Crippen molar-refractivity contribution in [1.29, 1.82) is 0 Å². The van der Waals surface area contributed by atoms with Gasteiger partial charge in [0.1, 0.15) is 5.76 Å². The van der Waals surface area contributed by atoms with Gasteiger partial charge in [0, 0.05) is 11.3 Å². The second-order valence-corrected chi connectivity index (χ2v) is 12.3. The standard InChI is InChI=1S/C34H28FN3O6S2/c1-4-44-26-15-12-20(17-27(26)43-3)29-28(30(39)21-13-14-25(42-2)24(35)16-21)31(40)32(41)38(29)33-36-37-34(46-33)45-18-22-10-7-9-19-8-5-6-11-23(19)22/h5-17,29,39H,4,18H2,1-3H3/b30-28+. The van der Waals surface area contributed by atoms with Crippen LogP contribution in [0.2, 0.25) is 0 Å². The molecule has 0 radical (unpaired) electrons. The molecule has 5 aromatic rings. The highest BCUT2D eigenvalue weighted by Gasteiger charge is 2.48. The smallest absolute Gasteiger partial charge is 0.301 e. The number of aliphatic hydroxyl groups is 1. The van der Waals surface area contributed by atoms with Gasteiger partial charge in [-0.1, -0.05) is 71.6 Å². The SMILES string of the molecule is CCOc1ccc(C2/C(=C(\O)c3ccc(OC)c(F)c3)C(=O)C(=O)N2c2nnc(SCc3cccc4ccccc34)s2)cc1OC. The van der Waals surface area contributed by atoms with Gasteiger partial charge >= 0.3 is 5.91 Å². The molecule has 1 aliphatic rings. The number of aromatic nitrogens is 2. The van der Waals surface area contributed by atoms with E-state index in [1.54, 1.807) is 18.2 Å². The van der Waals surface area contributed by atoms with Crippen molar-refractivity contribution in [2.24, 2.45) is 0 Å². The average molecular weight is 658 g/mol. The zero-order valence-electron chi connectivity index (χ0n) is 25.0. The Bertz CT molecular complexity index is 1990. The topological polar surface area (TPSA) is 111 Å². The highest BCUT2D eigenvalue weighted by Crippen LogP contribution is 2.46. The number of benzene rings is 4. The number of thioether (sulfide) groups is 1. The summed E-state index contributed by atoms with van der Waals surface area (Å²) in [5.41, 5.74) is 1.33. The van der Waals surface area contributed by atoms with Crippen molar-refractivity contribution in [2.75, 3.05) is 25.7 Å². The minimum Gasteiger partial charge on any atom is -0.507 e. The van der Waals surface area contributed by atoms with E-state index < -0.39 is 29.3 Å². The van der Waals surface area contributed by atoms with Gasteiger partial charge in [0.15, 0.2) is 27.4 Å². The van der Waals surface area contributed by atoms with E-state index in [1.165, 1.54) is 43.0 Å². The number of hydrogen-bond acceptors (Lipinski definition) is 10. The van der Waals surface area contributed by atoms with Crippen LogP contribution in [-0.2, 0) is 15.3 Å². The van der Waals surface area contributed by atoms with Gasteiger partial charge in [-0.3, -0.25) is 14.5 Å². The second-order valence-electron chi connectivity index (χ2n) is 10.1. The average Bonchev–Trinajstić information content (AvgIpc) is 3.65. The summed E-state index contributed by atoms with van der Waals surface area (Å²) in [5.74, 6) is -1.74. The molecule has 1 atom stereocenters. The van der Waals surface area contributed by atoms with Crippen LogP contribution in [0.15, 0.2) is 88.8 Å². The first-order valence-electron chi connectivity index (χ1n) is 14.2. The summed E-state index contributed by atoms with van der Waals surface area (Å²) in [7, 11) is 2.79. The highest BCUT2D eigenvalue weighted by atomic mass is 32.2. The number of amides is 1. The van der Waals surface area contributed by atoms with Crippen molar-refractivity contribution in [2.45, 2.75) is 23.1 Å². The van der Waals surface area contributed by atoms with Gasteiger partial charge in [-0.2, -0.15) is 0 Å². The number of methoxy groups -OCH3 is 2. The molecule has 1 aromatic heterocycles. The number of anilines is 1. The molecule has 1 amide bonds. The molecule has 46 heavy (non-hydrogen) atoms. The molecular weight excluding hydrogens is 630 g/mol. The number of Topliss-reactive ketones (excluding diaryl/α,β-unsaturated/α-hetero) is 1. The molecule has 2 heterocycles. The Labute approximate surface area is 272 Å². The Morgan fingerprint density at radius 3 is 2.48 bits per heavy atom. The predicted octanol–water partition coefficient (Wildman–Crippen LogP) is 7.16. The fraction of sp³-hybridized carbons (Fsp3) is 0.176. The maximum atomic E-state index is 14.7. The summed E-state index contributed by atoms with van der Waals surface area (Å²) in [5, 5.41) is 22.5. The normalized spacial score (nSPS) is 15.8. The van der Waals surface area contributed by atoms with Crippen LogP contribution in [-0.4, -0.2) is 47.8 Å². The molecule has 1 fully saturated rings. The fourth-order valence-corrected chi connectivity index (χ4v) is 7.23. The molecule has 4 aromatic carbocycles. The van der Waals surface area contributed by atoms with Crippen LogP contribution >= 0.6 is 23.1 Å². The monoisotopic (exact) mass is 657 g/mol. The predicted molar refractivity (Wildman–Crippen MR) is 175 cm³/mol. The lowest BCUT2D eigenvalue weighted by Gasteiger charge is -2.23. The van der Waals surface area contributed by atoms with Crippen molar-refractivity contribution >= 4 is 56.5 Å². The number of aliphatic hydroxyl groups excluding tert-OH is 1. The summed E-state index contributed by atoms with van der Waals surface area (Å²) in [6.07, 6.45) is 0. The van der Waals surface area contributed by atoms with Crippen LogP contribution in [0.25, 0.3) is 16.5 Å². The Kier molecular flexibility index (Phi) is 8.91. The molecule has 1 saturated heterocycles. The summed E-state index contributed by atoms with van der Waals surface area (Å²) in [6, 6.07) is 21.9. The van der Waals surface area contributed by atoms with Gasteiger partial charge in [-0.15, -0.1) is 10.2 Å². The third-order valence-electron chi connectivity index (χ3n) is 7.51. The van der Waals surface area contributed by atoms with Crippen molar-refractivity contribution in [3.63, 3.8) is 0 Å². The largest absolute Gasteiger partial charge is 0.507 e. The van der Waals surface area contributed by atoms with Gasteiger partial charge in [0.25, 0.3) is 5.78 Å². The minimum atomic E-state index is -1.13. The quantitative estimate of drug-likeness (QED) is 0.0550. The highest BCUT2D eigenvalue weighted by molar-refractivity contribution is 8.00. The minimum absolute atomic E-state index is 0.00259. The lowest BCUT2D eigenvalue weighted by atomic mass is 9.95. The molecule has 12 heteroatoms. The number of carbonyl (C=O) groups is 2. The van der Waals surface area contributed by atoms with E-state index in [-0.39, 0.29) is 22.0 Å². The van der Waals surface area contributed by atoms with E-state index in [9.17, 15) is 19.1 Å². The van der Waals surface area contributed by atoms with Crippen molar-refractivity contribution in [1.82, 2.24) is 10.2 Å². The first-order valence-corrected chi connectivity index (χ1v) is 16.0. The number of fused-ring (bicyclic) bond motifs is 1. The number of halogens is 1.